The summed E-state index contributed by atoms with van der Waals surface area (Å²) in [5.41, 5.74) is 1.28. The average molecular weight is 335 g/mol. The zero-order valence-corrected chi connectivity index (χ0v) is 13.1. The number of nitrogens with zero attached hydrogens (tertiary/aromatic N) is 3. The van der Waals surface area contributed by atoms with E-state index in [4.69, 9.17) is 9.84 Å². The number of benzene rings is 1. The fourth-order valence-corrected chi connectivity index (χ4v) is 2.74. The molecular formula is C16H18FN3O4. The number of halogens is 1. The topological polar surface area (TPSA) is 87.8 Å². The smallest absolute Gasteiger partial charge is 0.258 e. The van der Waals surface area contributed by atoms with Crippen LogP contribution in [0.3, 0.4) is 0 Å². The Kier molecular flexibility index (Phi) is 4.50. The Hall–Kier alpha value is -2.45. The van der Waals surface area contributed by atoms with Gasteiger partial charge in [-0.2, -0.15) is 5.10 Å². The van der Waals surface area contributed by atoms with Gasteiger partial charge in [0.05, 0.1) is 43.8 Å². The van der Waals surface area contributed by atoms with Crippen LogP contribution >= 0.6 is 0 Å². The second-order valence-electron chi connectivity index (χ2n) is 5.55. The van der Waals surface area contributed by atoms with Gasteiger partial charge in [0.1, 0.15) is 17.7 Å². The van der Waals surface area contributed by atoms with Gasteiger partial charge in [-0.1, -0.05) is 0 Å². The molecule has 0 fully saturated rings. The minimum atomic E-state index is -1.05. The van der Waals surface area contributed by atoms with Crippen LogP contribution in [0.25, 0.3) is 0 Å². The molecule has 24 heavy (non-hydrogen) atoms. The van der Waals surface area contributed by atoms with Crippen LogP contribution in [-0.2, 0) is 13.1 Å². The number of aliphatic hydroxyl groups is 2. The molecule has 128 valence electrons. The molecule has 8 heteroatoms. The highest BCUT2D eigenvalue weighted by Crippen LogP contribution is 2.24. The highest BCUT2D eigenvalue weighted by molar-refractivity contribution is 5.97. The van der Waals surface area contributed by atoms with Crippen molar-refractivity contribution in [2.24, 2.45) is 0 Å². The molecule has 0 radical (unpaired) electrons. The summed E-state index contributed by atoms with van der Waals surface area (Å²) in [5.74, 6) is -0.519. The molecule has 7 nitrogen and oxygen atoms in total. The number of carbonyl (C=O) groups is 1. The van der Waals surface area contributed by atoms with Crippen molar-refractivity contribution in [3.05, 3.63) is 47.0 Å². The van der Waals surface area contributed by atoms with Crippen molar-refractivity contribution in [3.8, 4) is 5.75 Å². The monoisotopic (exact) mass is 335 g/mol. The van der Waals surface area contributed by atoms with Gasteiger partial charge in [-0.25, -0.2) is 4.39 Å². The van der Waals surface area contributed by atoms with Crippen LogP contribution in [0.1, 0.15) is 27.8 Å². The van der Waals surface area contributed by atoms with Gasteiger partial charge in [-0.3, -0.25) is 9.48 Å². The Bertz CT molecular complexity index is 762. The zero-order valence-electron chi connectivity index (χ0n) is 13.1. The number of carbonyl (C=O) groups excluding carboxylic acids is 1. The van der Waals surface area contributed by atoms with Crippen molar-refractivity contribution < 1.29 is 24.1 Å². The molecule has 0 bridgehead atoms. The number of ether oxygens (including phenoxy) is 1. The van der Waals surface area contributed by atoms with E-state index < -0.39 is 18.5 Å². The lowest BCUT2D eigenvalue weighted by atomic mass is 10.1. The number of amides is 1. The second-order valence-corrected chi connectivity index (χ2v) is 5.55. The van der Waals surface area contributed by atoms with Crippen molar-refractivity contribution in [2.45, 2.75) is 19.2 Å². The van der Waals surface area contributed by atoms with Gasteiger partial charge in [0.2, 0.25) is 0 Å². The van der Waals surface area contributed by atoms with E-state index in [9.17, 15) is 14.3 Å². The molecule has 2 heterocycles. The third kappa shape index (κ3) is 2.98. The lowest BCUT2D eigenvalue weighted by molar-refractivity contribution is 0.0700. The van der Waals surface area contributed by atoms with Crippen LogP contribution in [0.4, 0.5) is 4.39 Å². The van der Waals surface area contributed by atoms with Gasteiger partial charge in [0.15, 0.2) is 0 Å². The van der Waals surface area contributed by atoms with Gasteiger partial charge in [0, 0.05) is 6.54 Å². The average Bonchev–Trinajstić information content (AvgIpc) is 3.03. The first-order chi connectivity index (χ1) is 11.5. The number of fused-ring (bicyclic) bond motifs is 1. The Labute approximate surface area is 137 Å². The predicted molar refractivity (Wildman–Crippen MR) is 82.0 cm³/mol. The van der Waals surface area contributed by atoms with E-state index in [1.165, 1.54) is 19.2 Å². The van der Waals surface area contributed by atoms with E-state index in [1.807, 2.05) is 0 Å². The molecular weight excluding hydrogens is 317 g/mol. The molecule has 0 saturated heterocycles. The molecule has 0 saturated carbocycles. The first-order valence-corrected chi connectivity index (χ1v) is 7.52. The van der Waals surface area contributed by atoms with Crippen molar-refractivity contribution >= 4 is 5.91 Å². The van der Waals surface area contributed by atoms with Gasteiger partial charge >= 0.3 is 0 Å². The van der Waals surface area contributed by atoms with Crippen molar-refractivity contribution in [2.75, 3.05) is 20.3 Å². The van der Waals surface area contributed by atoms with Crippen LogP contribution in [0.5, 0.6) is 5.75 Å². The number of aromatic nitrogens is 2. The van der Waals surface area contributed by atoms with Crippen molar-refractivity contribution in [1.29, 1.82) is 0 Å². The summed E-state index contributed by atoms with van der Waals surface area (Å²) in [6.07, 6.45) is -1.05. The summed E-state index contributed by atoms with van der Waals surface area (Å²) in [7, 11) is 1.43. The number of rotatable bonds is 4. The lowest BCUT2D eigenvalue weighted by Gasteiger charge is -2.28. The number of hydrogen-bond donors (Lipinski definition) is 2. The van der Waals surface area contributed by atoms with Gasteiger partial charge in [-0.15, -0.1) is 0 Å². The zero-order chi connectivity index (χ0) is 17.3. The van der Waals surface area contributed by atoms with E-state index in [-0.39, 0.29) is 18.0 Å². The van der Waals surface area contributed by atoms with Crippen molar-refractivity contribution in [3.63, 3.8) is 0 Å². The van der Waals surface area contributed by atoms with Crippen LogP contribution in [0, 0.1) is 5.82 Å². The van der Waals surface area contributed by atoms with Crippen LogP contribution in [-0.4, -0.2) is 51.1 Å². The third-order valence-electron chi connectivity index (χ3n) is 4.01. The van der Waals surface area contributed by atoms with Crippen molar-refractivity contribution in [1.82, 2.24) is 14.7 Å². The fourth-order valence-electron chi connectivity index (χ4n) is 2.74. The van der Waals surface area contributed by atoms with E-state index in [2.05, 4.69) is 5.10 Å². The van der Waals surface area contributed by atoms with Crippen LogP contribution in [0.15, 0.2) is 24.3 Å². The van der Waals surface area contributed by atoms with E-state index in [1.54, 1.807) is 15.6 Å². The molecule has 1 aromatic carbocycles. The highest BCUT2D eigenvalue weighted by atomic mass is 19.1. The summed E-state index contributed by atoms with van der Waals surface area (Å²) < 4.78 is 20.3. The standard InChI is InChI=1S/C16H18FN3O4/c1-24-15-3-2-10(17)6-12(15)16(23)19-4-5-20-11(8-19)7-13(18-20)14(22)9-21/h2-3,6-7,14,21-22H,4-5,8-9H2,1H3/t14-/m0/s1. The second kappa shape index (κ2) is 6.58. The molecule has 1 aromatic heterocycles. The molecule has 0 spiro atoms. The predicted octanol–water partition coefficient (Wildman–Crippen LogP) is 0.713. The lowest BCUT2D eigenvalue weighted by Crippen LogP contribution is -2.38. The molecule has 1 aliphatic heterocycles. The molecule has 1 aliphatic rings. The molecule has 0 aliphatic carbocycles. The molecule has 3 rings (SSSR count). The quantitative estimate of drug-likeness (QED) is 0.859. The number of hydrogen-bond acceptors (Lipinski definition) is 5. The SMILES string of the molecule is COc1ccc(F)cc1C(=O)N1CCn2nc([C@@H](O)CO)cc2C1. The minimum Gasteiger partial charge on any atom is -0.496 e. The summed E-state index contributed by atoms with van der Waals surface area (Å²) in [5, 5.41) is 22.9. The van der Waals surface area contributed by atoms with E-state index >= 15 is 0 Å². The van der Waals surface area contributed by atoms with E-state index in [0.717, 1.165) is 11.8 Å². The minimum absolute atomic E-state index is 0.168. The Morgan fingerprint density at radius 3 is 2.92 bits per heavy atom. The van der Waals surface area contributed by atoms with Gasteiger partial charge in [0.25, 0.3) is 5.91 Å². The highest BCUT2D eigenvalue weighted by Gasteiger charge is 2.26. The van der Waals surface area contributed by atoms with Crippen LogP contribution < -0.4 is 4.74 Å². The number of aliphatic hydroxyl groups excluding tert-OH is 2. The summed E-state index contributed by atoms with van der Waals surface area (Å²) in [6, 6.07) is 5.48. The largest absolute Gasteiger partial charge is 0.496 e. The number of methoxy groups -OCH3 is 1. The maximum atomic E-state index is 13.5. The van der Waals surface area contributed by atoms with E-state index in [0.29, 0.717) is 24.5 Å². The van der Waals surface area contributed by atoms with Gasteiger partial charge in [-0.05, 0) is 24.3 Å². The Morgan fingerprint density at radius 2 is 2.21 bits per heavy atom. The third-order valence-corrected chi connectivity index (χ3v) is 4.01. The molecule has 2 aromatic rings. The summed E-state index contributed by atoms with van der Waals surface area (Å²) >= 11 is 0. The first kappa shape index (κ1) is 16.4. The fraction of sp³-hybridized carbons (Fsp3) is 0.375. The summed E-state index contributed by atoms with van der Waals surface area (Å²) in [4.78, 5) is 14.3. The Balaban J connectivity index is 1.84. The van der Waals surface area contributed by atoms with Crippen LogP contribution in [0.2, 0.25) is 0 Å². The molecule has 0 unspecified atom stereocenters. The Morgan fingerprint density at radius 1 is 1.42 bits per heavy atom. The first-order valence-electron chi connectivity index (χ1n) is 7.52. The molecule has 1 amide bonds. The summed E-state index contributed by atoms with van der Waals surface area (Å²) in [6.45, 7) is 0.724. The normalized spacial score (nSPS) is 15.1. The van der Waals surface area contributed by atoms with Gasteiger partial charge < -0.3 is 19.8 Å². The molecule has 2 N–H and O–H groups in total. The molecule has 1 atom stereocenters. The maximum Gasteiger partial charge on any atom is 0.258 e. The maximum absolute atomic E-state index is 13.5.